The van der Waals surface area contributed by atoms with Crippen LogP contribution in [-0.4, -0.2) is 46.3 Å². The minimum atomic E-state index is -0.512. The summed E-state index contributed by atoms with van der Waals surface area (Å²) < 4.78 is 5.80. The number of nitrogens with one attached hydrogen (secondary N) is 3. The van der Waals surface area contributed by atoms with E-state index in [1.54, 1.807) is 11.1 Å². The Morgan fingerprint density at radius 3 is 2.61 bits per heavy atom. The van der Waals surface area contributed by atoms with Gasteiger partial charge in [0.15, 0.2) is 0 Å². The summed E-state index contributed by atoms with van der Waals surface area (Å²) >= 11 is 1.38. The average Bonchev–Trinajstić information content (AvgIpc) is 3.39. The molecule has 1 saturated carbocycles. The molecule has 1 aliphatic carbocycles. The molecule has 4 amide bonds. The molecule has 3 N–H and O–H groups in total. The molecule has 0 radical (unpaired) electrons. The van der Waals surface area contributed by atoms with E-state index in [1.165, 1.54) is 18.7 Å². The molecule has 2 aromatic rings. The number of hydrogen-bond acceptors (Lipinski definition) is 6. The van der Waals surface area contributed by atoms with Crippen molar-refractivity contribution in [3.05, 3.63) is 41.6 Å². The van der Waals surface area contributed by atoms with E-state index < -0.39 is 11.3 Å². The smallest absolute Gasteiger partial charge is 0.327 e. The fourth-order valence-electron chi connectivity index (χ4n) is 5.30. The number of nitrogens with zero attached hydrogens (tertiary/aromatic N) is 2. The van der Waals surface area contributed by atoms with Gasteiger partial charge >= 0.3 is 6.03 Å². The zero-order valence-corrected chi connectivity index (χ0v) is 21.6. The highest BCUT2D eigenvalue weighted by atomic mass is 32.2. The predicted molar refractivity (Wildman–Crippen MR) is 138 cm³/mol. The number of pyridine rings is 1. The molecule has 1 fully saturated rings. The normalized spacial score (nSPS) is 24.4. The molecule has 3 heterocycles. The molecule has 3 aliphatic rings. The van der Waals surface area contributed by atoms with Crippen molar-refractivity contribution in [1.82, 2.24) is 20.9 Å². The summed E-state index contributed by atoms with van der Waals surface area (Å²) in [4.78, 5) is 44.3. The second-order valence-electron chi connectivity index (χ2n) is 9.88. The molecule has 0 spiro atoms. The number of ether oxygens (including phenoxy) is 1. The van der Waals surface area contributed by atoms with Crippen molar-refractivity contribution >= 4 is 41.0 Å². The topological polar surface area (TPSA) is 113 Å². The summed E-state index contributed by atoms with van der Waals surface area (Å²) in [7, 11) is 0. The van der Waals surface area contributed by atoms with Crippen LogP contribution in [0.3, 0.4) is 0 Å². The number of urea groups is 1. The van der Waals surface area contributed by atoms with Crippen LogP contribution in [0.4, 0.5) is 16.2 Å². The van der Waals surface area contributed by atoms with Gasteiger partial charge in [-0.1, -0.05) is 11.8 Å². The standard InChI is InChI=1S/C26H31N5O4S/c1-13(2)35-18-7-8-19(14(3)11-18)31-20-9-10-27-25-21(20)22(30-26(31)34)23(36-25)24(33)29-17-6-5-16(12-17)28-15(4)32/h7-11,13,16-17,22-23H,5-6,12H2,1-4H3,(H,28,32)(H,29,33)(H,30,34)/t16-,17+,22?,23?/m1/s1. The molecule has 0 saturated heterocycles. The van der Waals surface area contributed by atoms with Crippen molar-refractivity contribution in [2.45, 2.75) is 81.5 Å². The van der Waals surface area contributed by atoms with Crippen LogP contribution in [0.1, 0.15) is 57.2 Å². The van der Waals surface area contributed by atoms with Crippen LogP contribution in [0.2, 0.25) is 0 Å². The van der Waals surface area contributed by atoms with Crippen LogP contribution in [0.15, 0.2) is 35.5 Å². The Labute approximate surface area is 214 Å². The van der Waals surface area contributed by atoms with E-state index in [-0.39, 0.29) is 36.0 Å². The molecule has 190 valence electrons. The summed E-state index contributed by atoms with van der Waals surface area (Å²) in [6.07, 6.45) is 4.10. The Balaban J connectivity index is 1.37. The zero-order valence-electron chi connectivity index (χ0n) is 20.8. The molecule has 1 aromatic carbocycles. The molecule has 2 aliphatic heterocycles. The van der Waals surface area contributed by atoms with Gasteiger partial charge in [-0.05, 0) is 69.9 Å². The average molecular weight is 510 g/mol. The number of rotatable bonds is 6. The second kappa shape index (κ2) is 9.65. The largest absolute Gasteiger partial charge is 0.491 e. The monoisotopic (exact) mass is 509 g/mol. The zero-order chi connectivity index (χ0) is 25.6. The summed E-state index contributed by atoms with van der Waals surface area (Å²) in [5, 5.41) is 9.38. The first-order valence-electron chi connectivity index (χ1n) is 12.3. The van der Waals surface area contributed by atoms with E-state index in [1.807, 2.05) is 45.0 Å². The van der Waals surface area contributed by atoms with Gasteiger partial charge in [0.1, 0.15) is 16.0 Å². The first-order chi connectivity index (χ1) is 17.2. The Kier molecular flexibility index (Phi) is 6.55. The van der Waals surface area contributed by atoms with Crippen LogP contribution >= 0.6 is 11.8 Å². The molecular formula is C26H31N5O4S. The van der Waals surface area contributed by atoms with E-state index >= 15 is 0 Å². The highest BCUT2D eigenvalue weighted by Crippen LogP contribution is 2.51. The molecule has 4 atom stereocenters. The van der Waals surface area contributed by atoms with Gasteiger partial charge in [0.25, 0.3) is 0 Å². The number of anilines is 2. The number of aryl methyl sites for hydroxylation is 1. The fourth-order valence-corrected chi connectivity index (χ4v) is 6.54. The fraction of sp³-hybridized carbons (Fsp3) is 0.462. The maximum Gasteiger partial charge on any atom is 0.327 e. The third kappa shape index (κ3) is 4.61. The highest BCUT2D eigenvalue weighted by molar-refractivity contribution is 8.01. The second-order valence-corrected chi connectivity index (χ2v) is 11.0. The van der Waals surface area contributed by atoms with Gasteiger partial charge in [-0.3, -0.25) is 14.5 Å². The van der Waals surface area contributed by atoms with E-state index in [9.17, 15) is 14.4 Å². The Morgan fingerprint density at radius 1 is 1.17 bits per heavy atom. The van der Waals surface area contributed by atoms with E-state index in [0.29, 0.717) is 6.42 Å². The van der Waals surface area contributed by atoms with Crippen LogP contribution in [0.25, 0.3) is 0 Å². The lowest BCUT2D eigenvalue weighted by atomic mass is 9.99. The van der Waals surface area contributed by atoms with E-state index in [4.69, 9.17) is 4.74 Å². The van der Waals surface area contributed by atoms with Crippen molar-refractivity contribution in [3.8, 4) is 5.75 Å². The Morgan fingerprint density at radius 2 is 1.92 bits per heavy atom. The number of carbonyl (C=O) groups is 3. The van der Waals surface area contributed by atoms with Crippen molar-refractivity contribution in [2.24, 2.45) is 0 Å². The summed E-state index contributed by atoms with van der Waals surface area (Å²) in [5.74, 6) is 0.572. The van der Waals surface area contributed by atoms with Crippen molar-refractivity contribution < 1.29 is 19.1 Å². The van der Waals surface area contributed by atoms with Gasteiger partial charge in [-0.2, -0.15) is 0 Å². The quantitative estimate of drug-likeness (QED) is 0.547. The summed E-state index contributed by atoms with van der Waals surface area (Å²) in [6.45, 7) is 7.40. The third-order valence-electron chi connectivity index (χ3n) is 6.73. The number of amides is 4. The molecular weight excluding hydrogens is 478 g/mol. The molecule has 36 heavy (non-hydrogen) atoms. The number of aromatic nitrogens is 1. The first-order valence-corrected chi connectivity index (χ1v) is 13.2. The Hall–Kier alpha value is -3.27. The van der Waals surface area contributed by atoms with Gasteiger partial charge < -0.3 is 20.7 Å². The molecule has 0 bridgehead atoms. The SMILES string of the molecule is CC(=O)N[C@@H]1CC[C@H](NC(=O)C2Sc3nccc4c3C2NC(=O)N4c2ccc(OC(C)C)cc2C)C1. The van der Waals surface area contributed by atoms with Gasteiger partial charge in [-0.15, -0.1) is 0 Å². The van der Waals surface area contributed by atoms with Gasteiger partial charge in [0, 0.05) is 30.8 Å². The Bertz CT molecular complexity index is 1220. The molecule has 10 heteroatoms. The lowest BCUT2D eigenvalue weighted by Crippen LogP contribution is -2.50. The number of benzene rings is 1. The summed E-state index contributed by atoms with van der Waals surface area (Å²) in [5.41, 5.74) is 3.26. The van der Waals surface area contributed by atoms with Crippen molar-refractivity contribution in [2.75, 3.05) is 4.90 Å². The van der Waals surface area contributed by atoms with Gasteiger partial charge in [0.05, 0.1) is 23.5 Å². The first kappa shape index (κ1) is 24.4. The molecule has 5 rings (SSSR count). The lowest BCUT2D eigenvalue weighted by molar-refractivity contribution is -0.121. The van der Waals surface area contributed by atoms with Crippen LogP contribution in [0.5, 0.6) is 5.75 Å². The van der Waals surface area contributed by atoms with Crippen LogP contribution < -0.4 is 25.6 Å². The minimum Gasteiger partial charge on any atom is -0.491 e. The van der Waals surface area contributed by atoms with Gasteiger partial charge in [-0.25, -0.2) is 9.78 Å². The van der Waals surface area contributed by atoms with Crippen molar-refractivity contribution in [3.63, 3.8) is 0 Å². The number of carbonyl (C=O) groups excluding carboxylic acids is 3. The highest BCUT2D eigenvalue weighted by Gasteiger charge is 2.47. The van der Waals surface area contributed by atoms with Crippen LogP contribution in [-0.2, 0) is 9.59 Å². The maximum absolute atomic E-state index is 13.4. The number of hydrogen-bond donors (Lipinski definition) is 3. The van der Waals surface area contributed by atoms with E-state index in [0.717, 1.165) is 46.1 Å². The molecule has 9 nitrogen and oxygen atoms in total. The van der Waals surface area contributed by atoms with E-state index in [2.05, 4.69) is 20.9 Å². The predicted octanol–water partition coefficient (Wildman–Crippen LogP) is 3.73. The van der Waals surface area contributed by atoms with Crippen LogP contribution in [0, 0.1) is 6.92 Å². The van der Waals surface area contributed by atoms with Gasteiger partial charge in [0.2, 0.25) is 11.8 Å². The van der Waals surface area contributed by atoms with Crippen molar-refractivity contribution in [1.29, 1.82) is 0 Å². The molecule has 1 aromatic heterocycles. The lowest BCUT2D eigenvalue weighted by Gasteiger charge is -2.35. The third-order valence-corrected chi connectivity index (χ3v) is 8.02. The minimum absolute atomic E-state index is 0.00361. The number of thioether (sulfide) groups is 1. The summed E-state index contributed by atoms with van der Waals surface area (Å²) in [6, 6.07) is 6.84. The maximum atomic E-state index is 13.4. The molecule has 2 unspecified atom stereocenters.